The number of anilines is 1. The van der Waals surface area contributed by atoms with Crippen molar-refractivity contribution in [3.8, 4) is 0 Å². The van der Waals surface area contributed by atoms with Crippen molar-refractivity contribution >= 4 is 11.8 Å². The number of carboxylic acids is 1. The highest BCUT2D eigenvalue weighted by Crippen LogP contribution is 2.20. The average Bonchev–Trinajstić information content (AvgIpc) is 2.37. The van der Waals surface area contributed by atoms with Gasteiger partial charge in [0.05, 0.1) is 0 Å². The van der Waals surface area contributed by atoms with Crippen LogP contribution in [0.5, 0.6) is 0 Å². The lowest BCUT2D eigenvalue weighted by molar-refractivity contribution is -0.142. The van der Waals surface area contributed by atoms with E-state index >= 15 is 0 Å². The number of hydrogen-bond acceptors (Lipinski definition) is 4. The maximum Gasteiger partial charge on any atom is 0.329 e. The van der Waals surface area contributed by atoms with Crippen molar-refractivity contribution in [2.45, 2.75) is 52.1 Å². The van der Waals surface area contributed by atoms with Crippen LogP contribution in [-0.2, 0) is 4.79 Å². The Morgan fingerprint density at radius 3 is 2.47 bits per heavy atom. The van der Waals surface area contributed by atoms with Crippen molar-refractivity contribution in [3.63, 3.8) is 0 Å². The lowest BCUT2D eigenvalue weighted by atomic mass is 9.93. The van der Waals surface area contributed by atoms with Crippen LogP contribution < -0.4 is 10.9 Å². The number of carbonyl (C=O) groups is 1. The van der Waals surface area contributed by atoms with Gasteiger partial charge >= 0.3 is 5.97 Å². The standard InChI is InChI=1S/C13H21N3O3/c1-5-13(6-2,12(18)19)15-10-11(17)16(9(3)4)8-7-14-10/h7-9H,5-6H2,1-4H3,(H,14,15)(H,18,19). The van der Waals surface area contributed by atoms with E-state index in [1.807, 2.05) is 13.8 Å². The summed E-state index contributed by atoms with van der Waals surface area (Å²) in [6.45, 7) is 7.31. The van der Waals surface area contributed by atoms with Gasteiger partial charge in [-0.05, 0) is 26.7 Å². The fourth-order valence-corrected chi connectivity index (χ4v) is 1.93. The summed E-state index contributed by atoms with van der Waals surface area (Å²) < 4.78 is 1.52. The molecule has 1 aromatic rings. The molecular weight excluding hydrogens is 246 g/mol. The second kappa shape index (κ2) is 5.86. The Morgan fingerprint density at radius 2 is 2.05 bits per heavy atom. The highest BCUT2D eigenvalue weighted by Gasteiger charge is 2.35. The number of aromatic nitrogens is 2. The van der Waals surface area contributed by atoms with E-state index in [1.165, 1.54) is 10.8 Å². The summed E-state index contributed by atoms with van der Waals surface area (Å²) in [4.78, 5) is 27.6. The van der Waals surface area contributed by atoms with Crippen LogP contribution >= 0.6 is 0 Å². The Labute approximate surface area is 112 Å². The number of hydrogen-bond donors (Lipinski definition) is 2. The SMILES string of the molecule is CCC(CC)(Nc1nccn(C(C)C)c1=O)C(=O)O. The zero-order valence-electron chi connectivity index (χ0n) is 11.8. The molecule has 0 saturated heterocycles. The molecule has 0 aliphatic rings. The molecule has 0 bridgehead atoms. The predicted octanol–water partition coefficient (Wildman–Crippen LogP) is 1.88. The van der Waals surface area contributed by atoms with Gasteiger partial charge in [-0.1, -0.05) is 13.8 Å². The van der Waals surface area contributed by atoms with E-state index in [-0.39, 0.29) is 17.4 Å². The molecule has 6 nitrogen and oxygen atoms in total. The maximum atomic E-state index is 12.2. The first-order valence-electron chi connectivity index (χ1n) is 6.46. The van der Waals surface area contributed by atoms with Gasteiger partial charge < -0.3 is 15.0 Å². The summed E-state index contributed by atoms with van der Waals surface area (Å²) in [5.41, 5.74) is -1.45. The van der Waals surface area contributed by atoms with Crippen LogP contribution in [0.25, 0.3) is 0 Å². The van der Waals surface area contributed by atoms with Crippen molar-refractivity contribution in [2.24, 2.45) is 0 Å². The second-order valence-corrected chi connectivity index (χ2v) is 4.80. The van der Waals surface area contributed by atoms with E-state index in [0.29, 0.717) is 12.8 Å². The van der Waals surface area contributed by atoms with Gasteiger partial charge in [-0.25, -0.2) is 9.78 Å². The topological polar surface area (TPSA) is 84.2 Å². The third-order valence-electron chi connectivity index (χ3n) is 3.40. The van der Waals surface area contributed by atoms with Crippen LogP contribution in [0.4, 0.5) is 5.82 Å². The van der Waals surface area contributed by atoms with Crippen LogP contribution in [0.2, 0.25) is 0 Å². The largest absolute Gasteiger partial charge is 0.480 e. The lowest BCUT2D eigenvalue weighted by Gasteiger charge is -2.28. The third kappa shape index (κ3) is 2.94. The van der Waals surface area contributed by atoms with Gasteiger partial charge in [-0.3, -0.25) is 4.79 Å². The molecule has 0 saturated carbocycles. The molecule has 0 fully saturated rings. The Morgan fingerprint density at radius 1 is 1.47 bits per heavy atom. The van der Waals surface area contributed by atoms with Gasteiger partial charge in [-0.2, -0.15) is 0 Å². The Kier molecular flexibility index (Phi) is 4.69. The monoisotopic (exact) mass is 267 g/mol. The van der Waals surface area contributed by atoms with Crippen LogP contribution in [-0.4, -0.2) is 26.2 Å². The number of aliphatic carboxylic acids is 1. The van der Waals surface area contributed by atoms with Gasteiger partial charge in [0, 0.05) is 18.4 Å². The number of nitrogens with one attached hydrogen (secondary N) is 1. The van der Waals surface area contributed by atoms with E-state index in [0.717, 1.165) is 0 Å². The molecule has 0 amide bonds. The van der Waals surface area contributed by atoms with Crippen LogP contribution in [0, 0.1) is 0 Å². The summed E-state index contributed by atoms with van der Waals surface area (Å²) in [5.74, 6) is -0.888. The Hall–Kier alpha value is -1.85. The molecule has 0 aliphatic heterocycles. The molecule has 1 rings (SSSR count). The zero-order chi connectivity index (χ0) is 14.6. The van der Waals surface area contributed by atoms with Crippen molar-refractivity contribution in [1.82, 2.24) is 9.55 Å². The lowest BCUT2D eigenvalue weighted by Crippen LogP contribution is -2.47. The third-order valence-corrected chi connectivity index (χ3v) is 3.40. The first kappa shape index (κ1) is 15.2. The molecule has 19 heavy (non-hydrogen) atoms. The van der Waals surface area contributed by atoms with Gasteiger partial charge in [-0.15, -0.1) is 0 Å². The smallest absolute Gasteiger partial charge is 0.329 e. The van der Waals surface area contributed by atoms with Crippen molar-refractivity contribution in [1.29, 1.82) is 0 Å². The van der Waals surface area contributed by atoms with Crippen molar-refractivity contribution < 1.29 is 9.90 Å². The molecule has 0 spiro atoms. The normalized spacial score (nSPS) is 11.6. The Bertz CT molecular complexity index is 504. The van der Waals surface area contributed by atoms with Gasteiger partial charge in [0.1, 0.15) is 5.54 Å². The van der Waals surface area contributed by atoms with E-state index in [4.69, 9.17) is 0 Å². The molecular formula is C13H21N3O3. The molecule has 0 aliphatic carbocycles. The van der Waals surface area contributed by atoms with Gasteiger partial charge in [0.25, 0.3) is 5.56 Å². The maximum absolute atomic E-state index is 12.2. The summed E-state index contributed by atoms with van der Waals surface area (Å²) >= 11 is 0. The van der Waals surface area contributed by atoms with Crippen molar-refractivity contribution in [2.75, 3.05) is 5.32 Å². The van der Waals surface area contributed by atoms with Crippen molar-refractivity contribution in [3.05, 3.63) is 22.7 Å². The van der Waals surface area contributed by atoms with E-state index in [1.54, 1.807) is 20.0 Å². The first-order chi connectivity index (χ1) is 8.88. The van der Waals surface area contributed by atoms with E-state index in [9.17, 15) is 14.7 Å². The van der Waals surface area contributed by atoms with Gasteiger partial charge in [0.15, 0.2) is 5.82 Å². The summed E-state index contributed by atoms with van der Waals surface area (Å²) in [7, 11) is 0. The summed E-state index contributed by atoms with van der Waals surface area (Å²) in [5, 5.41) is 12.2. The minimum atomic E-state index is -1.15. The molecule has 1 aromatic heterocycles. The summed E-state index contributed by atoms with van der Waals surface area (Å²) in [6.07, 6.45) is 3.84. The van der Waals surface area contributed by atoms with Crippen LogP contribution in [0.1, 0.15) is 46.6 Å². The minimum Gasteiger partial charge on any atom is -0.480 e. The zero-order valence-corrected chi connectivity index (χ0v) is 11.8. The van der Waals surface area contributed by atoms with Crippen LogP contribution in [0.3, 0.4) is 0 Å². The van der Waals surface area contributed by atoms with E-state index in [2.05, 4.69) is 10.3 Å². The molecule has 0 aromatic carbocycles. The Balaban J connectivity index is 3.22. The molecule has 2 N–H and O–H groups in total. The number of carboxylic acid groups (broad SMARTS) is 1. The average molecular weight is 267 g/mol. The first-order valence-corrected chi connectivity index (χ1v) is 6.46. The fraction of sp³-hybridized carbons (Fsp3) is 0.615. The highest BCUT2D eigenvalue weighted by molar-refractivity contribution is 5.82. The minimum absolute atomic E-state index is 0.00136. The highest BCUT2D eigenvalue weighted by atomic mass is 16.4. The molecule has 0 atom stereocenters. The predicted molar refractivity (Wildman–Crippen MR) is 73.5 cm³/mol. The quantitative estimate of drug-likeness (QED) is 0.822. The number of nitrogens with zero attached hydrogens (tertiary/aromatic N) is 2. The molecule has 0 radical (unpaired) electrons. The molecule has 1 heterocycles. The van der Waals surface area contributed by atoms with Crippen LogP contribution in [0.15, 0.2) is 17.2 Å². The molecule has 6 heteroatoms. The number of rotatable bonds is 6. The second-order valence-electron chi connectivity index (χ2n) is 4.80. The fourth-order valence-electron chi connectivity index (χ4n) is 1.93. The molecule has 106 valence electrons. The molecule has 0 unspecified atom stereocenters. The summed E-state index contributed by atoms with van der Waals surface area (Å²) in [6, 6.07) is -0.00136. The van der Waals surface area contributed by atoms with E-state index < -0.39 is 11.5 Å². The van der Waals surface area contributed by atoms with Gasteiger partial charge in [0.2, 0.25) is 0 Å².